The molecule has 0 radical (unpaired) electrons. The molecule has 1 unspecified atom stereocenters. The third-order valence-corrected chi connectivity index (χ3v) is 5.97. The number of nitrogens with one attached hydrogen (secondary N) is 1. The Kier molecular flexibility index (Phi) is 8.00. The summed E-state index contributed by atoms with van der Waals surface area (Å²) in [6.07, 6.45) is 5.10. The molecule has 3 rings (SSSR count). The quantitative estimate of drug-likeness (QED) is 0.352. The van der Waals surface area contributed by atoms with E-state index < -0.39 is 0 Å². The molecule has 0 aliphatic carbocycles. The van der Waals surface area contributed by atoms with Gasteiger partial charge in [-0.1, -0.05) is 63.6 Å². The van der Waals surface area contributed by atoms with E-state index in [4.69, 9.17) is 10.5 Å². The zero-order valence-corrected chi connectivity index (χ0v) is 19.4. The van der Waals surface area contributed by atoms with Crippen LogP contribution in [0.4, 0.5) is 11.4 Å². The highest BCUT2D eigenvalue weighted by molar-refractivity contribution is 5.55. The summed E-state index contributed by atoms with van der Waals surface area (Å²) in [4.78, 5) is 0. The predicted molar refractivity (Wildman–Crippen MR) is 133 cm³/mol. The number of ether oxygens (including phenoxy) is 1. The third kappa shape index (κ3) is 5.81. The molecule has 3 nitrogen and oxygen atoms in total. The van der Waals surface area contributed by atoms with Gasteiger partial charge in [0.2, 0.25) is 0 Å². The summed E-state index contributed by atoms with van der Waals surface area (Å²) < 4.78 is 5.32. The molecular weight excluding hydrogens is 380 g/mol. The molecule has 1 atom stereocenters. The lowest BCUT2D eigenvalue weighted by atomic mass is 9.97. The van der Waals surface area contributed by atoms with Crippen molar-refractivity contribution in [3.63, 3.8) is 0 Å². The average molecular weight is 417 g/mol. The minimum absolute atomic E-state index is 0.288. The Hall–Kier alpha value is -2.94. The fourth-order valence-corrected chi connectivity index (χ4v) is 4.14. The molecule has 0 heterocycles. The van der Waals surface area contributed by atoms with Crippen LogP contribution in [0, 0.1) is 0 Å². The van der Waals surface area contributed by atoms with Gasteiger partial charge >= 0.3 is 0 Å². The predicted octanol–water partition coefficient (Wildman–Crippen LogP) is 6.95. The fraction of sp³-hybridized carbons (Fsp3) is 0.357. The summed E-state index contributed by atoms with van der Waals surface area (Å²) in [7, 11) is 1.71. The minimum Gasteiger partial charge on any atom is -0.497 e. The second kappa shape index (κ2) is 10.9. The van der Waals surface area contributed by atoms with E-state index in [0.717, 1.165) is 43.5 Å². The van der Waals surface area contributed by atoms with Crippen molar-refractivity contribution >= 4 is 11.4 Å². The molecule has 0 spiro atoms. The van der Waals surface area contributed by atoms with Crippen LogP contribution in [0.25, 0.3) is 0 Å². The SMILES string of the molecule is CCCC(Nc1ccc(Cc2ccc(N)c(CC)c2)cc1CC)c1ccc(OC)cc1. The van der Waals surface area contributed by atoms with Gasteiger partial charge in [0, 0.05) is 11.4 Å². The lowest BCUT2D eigenvalue weighted by molar-refractivity contribution is 0.414. The van der Waals surface area contributed by atoms with Crippen molar-refractivity contribution < 1.29 is 4.74 Å². The molecule has 0 aliphatic heterocycles. The van der Waals surface area contributed by atoms with Crippen molar-refractivity contribution in [2.75, 3.05) is 18.2 Å². The summed E-state index contributed by atoms with van der Waals surface area (Å²) in [5.74, 6) is 0.895. The van der Waals surface area contributed by atoms with Gasteiger partial charge in [-0.05, 0) is 77.8 Å². The molecule has 31 heavy (non-hydrogen) atoms. The lowest BCUT2D eigenvalue weighted by Crippen LogP contribution is -2.12. The van der Waals surface area contributed by atoms with Gasteiger partial charge < -0.3 is 15.8 Å². The van der Waals surface area contributed by atoms with E-state index in [-0.39, 0.29) is 6.04 Å². The Morgan fingerprint density at radius 3 is 2.10 bits per heavy atom. The normalized spacial score (nSPS) is 11.9. The average Bonchev–Trinajstić information content (AvgIpc) is 2.80. The first-order chi connectivity index (χ1) is 15.1. The van der Waals surface area contributed by atoms with Crippen LogP contribution in [0.15, 0.2) is 60.7 Å². The van der Waals surface area contributed by atoms with Crippen molar-refractivity contribution in [3.8, 4) is 5.75 Å². The molecule has 0 saturated heterocycles. The number of anilines is 2. The molecule has 0 saturated carbocycles. The van der Waals surface area contributed by atoms with Gasteiger partial charge in [-0.25, -0.2) is 0 Å². The molecule has 3 aromatic carbocycles. The summed E-state index contributed by atoms with van der Waals surface area (Å²) >= 11 is 0. The number of nitrogens with two attached hydrogens (primary N) is 1. The van der Waals surface area contributed by atoms with E-state index in [9.17, 15) is 0 Å². The van der Waals surface area contributed by atoms with E-state index in [1.165, 1.54) is 33.5 Å². The van der Waals surface area contributed by atoms with Gasteiger partial charge in [-0.15, -0.1) is 0 Å². The van der Waals surface area contributed by atoms with Crippen LogP contribution in [-0.4, -0.2) is 7.11 Å². The molecule has 3 heteroatoms. The second-order valence-corrected chi connectivity index (χ2v) is 8.17. The van der Waals surface area contributed by atoms with Crippen LogP contribution in [-0.2, 0) is 19.3 Å². The zero-order valence-electron chi connectivity index (χ0n) is 19.4. The molecule has 164 valence electrons. The Bertz CT molecular complexity index is 979. The van der Waals surface area contributed by atoms with Crippen LogP contribution in [0.5, 0.6) is 5.75 Å². The third-order valence-electron chi connectivity index (χ3n) is 5.97. The summed E-state index contributed by atoms with van der Waals surface area (Å²) in [6, 6.07) is 22.0. The molecule has 0 bridgehead atoms. The highest BCUT2D eigenvalue weighted by Gasteiger charge is 2.13. The lowest BCUT2D eigenvalue weighted by Gasteiger charge is -2.22. The Balaban J connectivity index is 1.80. The first-order valence-electron chi connectivity index (χ1n) is 11.5. The van der Waals surface area contributed by atoms with Crippen molar-refractivity contribution in [2.24, 2.45) is 0 Å². The molecule has 0 fully saturated rings. The van der Waals surface area contributed by atoms with E-state index >= 15 is 0 Å². The van der Waals surface area contributed by atoms with Crippen LogP contribution in [0.3, 0.4) is 0 Å². The highest BCUT2D eigenvalue weighted by Crippen LogP contribution is 2.29. The number of rotatable bonds is 10. The van der Waals surface area contributed by atoms with Crippen molar-refractivity contribution in [2.45, 2.75) is 58.9 Å². The van der Waals surface area contributed by atoms with Gasteiger partial charge in [0.05, 0.1) is 13.2 Å². The summed E-state index contributed by atoms with van der Waals surface area (Å²) in [5, 5.41) is 3.81. The summed E-state index contributed by atoms with van der Waals surface area (Å²) in [5.41, 5.74) is 14.7. The van der Waals surface area contributed by atoms with Crippen LogP contribution in [0.2, 0.25) is 0 Å². The molecular formula is C28H36N2O. The van der Waals surface area contributed by atoms with E-state index in [1.54, 1.807) is 7.11 Å². The van der Waals surface area contributed by atoms with Crippen LogP contribution >= 0.6 is 0 Å². The van der Waals surface area contributed by atoms with E-state index in [0.29, 0.717) is 0 Å². The standard InChI is InChI=1S/C28H36N2O/c1-5-8-27(24-11-13-25(31-4)14-12-24)30-28-16-10-21(19-23(28)7-3)17-20-9-15-26(29)22(6-2)18-20/h9-16,18-19,27,30H,5-8,17,29H2,1-4H3. The van der Waals surface area contributed by atoms with E-state index in [2.05, 4.69) is 68.6 Å². The minimum atomic E-state index is 0.288. The Labute approximate surface area is 187 Å². The maximum Gasteiger partial charge on any atom is 0.118 e. The Morgan fingerprint density at radius 1 is 0.839 bits per heavy atom. The second-order valence-electron chi connectivity index (χ2n) is 8.17. The molecule has 0 aromatic heterocycles. The monoisotopic (exact) mass is 416 g/mol. The summed E-state index contributed by atoms with van der Waals surface area (Å²) in [6.45, 7) is 6.62. The first-order valence-corrected chi connectivity index (χ1v) is 11.5. The van der Waals surface area contributed by atoms with Gasteiger partial charge in [0.15, 0.2) is 0 Å². The van der Waals surface area contributed by atoms with Gasteiger partial charge in [-0.3, -0.25) is 0 Å². The number of hydrogen-bond donors (Lipinski definition) is 2. The number of aryl methyl sites for hydroxylation is 2. The van der Waals surface area contributed by atoms with Crippen molar-refractivity contribution in [1.82, 2.24) is 0 Å². The van der Waals surface area contributed by atoms with Gasteiger partial charge in [-0.2, -0.15) is 0 Å². The first kappa shape index (κ1) is 22.7. The zero-order chi connectivity index (χ0) is 22.2. The topological polar surface area (TPSA) is 47.3 Å². The largest absolute Gasteiger partial charge is 0.497 e. The van der Waals surface area contributed by atoms with Gasteiger partial charge in [0.25, 0.3) is 0 Å². The van der Waals surface area contributed by atoms with Crippen molar-refractivity contribution in [3.05, 3.63) is 88.5 Å². The number of benzene rings is 3. The molecule has 3 N–H and O–H groups in total. The molecule has 3 aromatic rings. The smallest absolute Gasteiger partial charge is 0.118 e. The van der Waals surface area contributed by atoms with Crippen molar-refractivity contribution in [1.29, 1.82) is 0 Å². The Morgan fingerprint density at radius 2 is 1.48 bits per heavy atom. The molecule has 0 aliphatic rings. The maximum atomic E-state index is 6.08. The fourth-order valence-electron chi connectivity index (χ4n) is 4.14. The van der Waals surface area contributed by atoms with E-state index in [1.807, 2.05) is 18.2 Å². The number of nitrogen functional groups attached to an aromatic ring is 1. The highest BCUT2D eigenvalue weighted by atomic mass is 16.5. The van der Waals surface area contributed by atoms with Gasteiger partial charge in [0.1, 0.15) is 5.75 Å². The number of hydrogen-bond acceptors (Lipinski definition) is 3. The van der Waals surface area contributed by atoms with Crippen LogP contribution in [0.1, 0.15) is 67.5 Å². The van der Waals surface area contributed by atoms with Crippen LogP contribution < -0.4 is 15.8 Å². The number of methoxy groups -OCH3 is 1. The molecule has 0 amide bonds. The maximum absolute atomic E-state index is 6.08.